The molecule has 2 aromatic rings. The summed E-state index contributed by atoms with van der Waals surface area (Å²) in [6.07, 6.45) is 2.16. The SMILES string of the molecule is CC(NC(=O)N1CCCC(C)(O)CC1)c1ccc(Cl)c2ccccc12. The lowest BCUT2D eigenvalue weighted by molar-refractivity contribution is 0.0456. The number of hydrogen-bond donors (Lipinski definition) is 2. The first kappa shape index (κ1) is 18.0. The third-order valence-electron chi connectivity index (χ3n) is 5.06. The minimum absolute atomic E-state index is 0.0794. The van der Waals surface area contributed by atoms with Gasteiger partial charge in [0.05, 0.1) is 11.6 Å². The molecule has 2 aromatic carbocycles. The van der Waals surface area contributed by atoms with Gasteiger partial charge in [0.15, 0.2) is 0 Å². The van der Waals surface area contributed by atoms with E-state index in [2.05, 4.69) is 5.32 Å². The summed E-state index contributed by atoms with van der Waals surface area (Å²) in [5.74, 6) is 0. The van der Waals surface area contributed by atoms with Crippen molar-refractivity contribution in [1.29, 1.82) is 0 Å². The van der Waals surface area contributed by atoms with Gasteiger partial charge in [-0.3, -0.25) is 0 Å². The number of benzene rings is 2. The molecular weight excluding hydrogens is 336 g/mol. The van der Waals surface area contributed by atoms with Gasteiger partial charge in [0.25, 0.3) is 0 Å². The molecule has 0 aromatic heterocycles. The normalized spacial score (nSPS) is 22.5. The maximum atomic E-state index is 12.7. The van der Waals surface area contributed by atoms with Crippen LogP contribution in [0, 0.1) is 0 Å². The third kappa shape index (κ3) is 4.07. The minimum atomic E-state index is -0.674. The van der Waals surface area contributed by atoms with Crippen LogP contribution >= 0.6 is 11.6 Å². The van der Waals surface area contributed by atoms with Crippen molar-refractivity contribution in [3.63, 3.8) is 0 Å². The summed E-state index contributed by atoms with van der Waals surface area (Å²) < 4.78 is 0. The number of amides is 2. The first-order valence-electron chi connectivity index (χ1n) is 8.82. The average Bonchev–Trinajstić information content (AvgIpc) is 2.76. The van der Waals surface area contributed by atoms with E-state index < -0.39 is 5.60 Å². The molecule has 0 saturated carbocycles. The van der Waals surface area contributed by atoms with Crippen LogP contribution in [-0.2, 0) is 0 Å². The number of carbonyl (C=O) groups excluding carboxylic acids is 1. The predicted molar refractivity (Wildman–Crippen MR) is 102 cm³/mol. The number of rotatable bonds is 2. The van der Waals surface area contributed by atoms with E-state index in [4.69, 9.17) is 11.6 Å². The Hall–Kier alpha value is -1.78. The van der Waals surface area contributed by atoms with E-state index in [9.17, 15) is 9.90 Å². The molecule has 0 aliphatic carbocycles. The molecule has 0 radical (unpaired) electrons. The lowest BCUT2D eigenvalue weighted by Crippen LogP contribution is -2.42. The number of likely N-dealkylation sites (tertiary alicyclic amines) is 1. The van der Waals surface area contributed by atoms with Gasteiger partial charge in [0.1, 0.15) is 0 Å². The van der Waals surface area contributed by atoms with Crippen molar-refractivity contribution in [2.75, 3.05) is 13.1 Å². The maximum absolute atomic E-state index is 12.7. The van der Waals surface area contributed by atoms with Crippen LogP contribution in [0.15, 0.2) is 36.4 Å². The molecular formula is C20H25ClN2O2. The van der Waals surface area contributed by atoms with Crippen LogP contribution in [-0.4, -0.2) is 34.7 Å². The van der Waals surface area contributed by atoms with Crippen molar-refractivity contribution in [1.82, 2.24) is 10.2 Å². The summed E-state index contributed by atoms with van der Waals surface area (Å²) in [7, 11) is 0. The quantitative estimate of drug-likeness (QED) is 0.828. The van der Waals surface area contributed by atoms with Crippen LogP contribution in [0.4, 0.5) is 4.79 Å². The van der Waals surface area contributed by atoms with Gasteiger partial charge in [-0.05, 0) is 50.1 Å². The van der Waals surface area contributed by atoms with E-state index in [1.54, 1.807) is 4.90 Å². The van der Waals surface area contributed by atoms with Crippen LogP contribution in [0.2, 0.25) is 5.02 Å². The second kappa shape index (κ2) is 7.22. The molecule has 2 amide bonds. The Morgan fingerprint density at radius 2 is 1.92 bits per heavy atom. The van der Waals surface area contributed by atoms with Gasteiger partial charge in [-0.1, -0.05) is 41.9 Å². The molecule has 0 bridgehead atoms. The summed E-state index contributed by atoms with van der Waals surface area (Å²) in [6, 6.07) is 11.6. The van der Waals surface area contributed by atoms with E-state index in [-0.39, 0.29) is 12.1 Å². The van der Waals surface area contributed by atoms with Crippen molar-refractivity contribution in [2.45, 2.75) is 44.8 Å². The fraction of sp³-hybridized carbons (Fsp3) is 0.450. The smallest absolute Gasteiger partial charge is 0.317 e. The highest BCUT2D eigenvalue weighted by Gasteiger charge is 2.27. The number of nitrogens with one attached hydrogen (secondary N) is 1. The zero-order valence-electron chi connectivity index (χ0n) is 14.8. The van der Waals surface area contributed by atoms with E-state index in [1.165, 1.54) is 0 Å². The highest BCUT2D eigenvalue weighted by molar-refractivity contribution is 6.35. The zero-order chi connectivity index (χ0) is 18.0. The van der Waals surface area contributed by atoms with Crippen molar-refractivity contribution >= 4 is 28.4 Å². The van der Waals surface area contributed by atoms with Gasteiger partial charge in [-0.25, -0.2) is 4.79 Å². The van der Waals surface area contributed by atoms with Gasteiger partial charge in [-0.2, -0.15) is 0 Å². The number of halogens is 1. The average molecular weight is 361 g/mol. The van der Waals surface area contributed by atoms with Crippen molar-refractivity contribution in [3.05, 3.63) is 47.0 Å². The van der Waals surface area contributed by atoms with Crippen molar-refractivity contribution in [3.8, 4) is 0 Å². The number of carbonyl (C=O) groups is 1. The van der Waals surface area contributed by atoms with Gasteiger partial charge in [0, 0.05) is 23.5 Å². The fourth-order valence-corrected chi connectivity index (χ4v) is 3.71. The summed E-state index contributed by atoms with van der Waals surface area (Å²) in [6.45, 7) is 5.08. The van der Waals surface area contributed by atoms with E-state index in [1.807, 2.05) is 50.2 Å². The zero-order valence-corrected chi connectivity index (χ0v) is 15.5. The van der Waals surface area contributed by atoms with Gasteiger partial charge >= 0.3 is 6.03 Å². The second-order valence-electron chi connectivity index (χ2n) is 7.19. The van der Waals surface area contributed by atoms with E-state index >= 15 is 0 Å². The van der Waals surface area contributed by atoms with Crippen LogP contribution in [0.3, 0.4) is 0 Å². The van der Waals surface area contributed by atoms with Gasteiger partial charge in [-0.15, -0.1) is 0 Å². The molecule has 25 heavy (non-hydrogen) atoms. The first-order valence-corrected chi connectivity index (χ1v) is 9.20. The molecule has 1 fully saturated rings. The van der Waals surface area contributed by atoms with Crippen molar-refractivity contribution in [2.24, 2.45) is 0 Å². The number of urea groups is 1. The van der Waals surface area contributed by atoms with Crippen LogP contribution in [0.5, 0.6) is 0 Å². The summed E-state index contributed by atoms with van der Waals surface area (Å²) in [5.41, 5.74) is 0.377. The van der Waals surface area contributed by atoms with Crippen molar-refractivity contribution < 1.29 is 9.90 Å². The number of fused-ring (bicyclic) bond motifs is 1. The molecule has 0 spiro atoms. The highest BCUT2D eigenvalue weighted by Crippen LogP contribution is 2.30. The van der Waals surface area contributed by atoms with Gasteiger partial charge < -0.3 is 15.3 Å². The van der Waals surface area contributed by atoms with E-state index in [0.717, 1.165) is 29.2 Å². The Kier molecular flexibility index (Phi) is 5.21. The molecule has 2 N–H and O–H groups in total. The Morgan fingerprint density at radius 3 is 2.68 bits per heavy atom. The van der Waals surface area contributed by atoms with Crippen LogP contribution < -0.4 is 5.32 Å². The summed E-state index contributed by atoms with van der Waals surface area (Å²) >= 11 is 6.29. The standard InChI is InChI=1S/C20H25ClN2O2/c1-14(15-8-9-18(21)17-7-4-3-6-16(15)17)22-19(24)23-12-5-10-20(2,25)11-13-23/h3-4,6-9,14,25H,5,10-13H2,1-2H3,(H,22,24). The molecule has 2 unspecified atom stereocenters. The van der Waals surface area contributed by atoms with Crippen LogP contribution in [0.25, 0.3) is 10.8 Å². The molecule has 134 valence electrons. The molecule has 1 heterocycles. The molecule has 5 heteroatoms. The molecule has 1 aliphatic heterocycles. The minimum Gasteiger partial charge on any atom is -0.390 e. The molecule has 3 rings (SSSR count). The van der Waals surface area contributed by atoms with Crippen LogP contribution in [0.1, 0.15) is 44.7 Å². The third-order valence-corrected chi connectivity index (χ3v) is 5.39. The molecule has 2 atom stereocenters. The lowest BCUT2D eigenvalue weighted by Gasteiger charge is -2.25. The monoisotopic (exact) mass is 360 g/mol. The topological polar surface area (TPSA) is 52.6 Å². The Bertz CT molecular complexity index is 775. The highest BCUT2D eigenvalue weighted by atomic mass is 35.5. The maximum Gasteiger partial charge on any atom is 0.317 e. The lowest BCUT2D eigenvalue weighted by atomic mass is 9.98. The Morgan fingerprint density at radius 1 is 1.20 bits per heavy atom. The summed E-state index contributed by atoms with van der Waals surface area (Å²) in [4.78, 5) is 14.5. The number of aliphatic hydroxyl groups is 1. The largest absolute Gasteiger partial charge is 0.390 e. The Labute approximate surface area is 153 Å². The molecule has 1 saturated heterocycles. The summed E-state index contributed by atoms with van der Waals surface area (Å²) in [5, 5.41) is 16.0. The predicted octanol–water partition coefficient (Wildman–Crippen LogP) is 4.50. The molecule has 1 aliphatic rings. The van der Waals surface area contributed by atoms with E-state index in [0.29, 0.717) is 24.5 Å². The van der Waals surface area contributed by atoms with Gasteiger partial charge in [0.2, 0.25) is 0 Å². The fourth-order valence-electron chi connectivity index (χ4n) is 3.48. The number of nitrogens with zero attached hydrogens (tertiary/aromatic N) is 1. The first-order chi connectivity index (χ1) is 11.9. The number of hydrogen-bond acceptors (Lipinski definition) is 2. The molecule has 4 nitrogen and oxygen atoms in total. The second-order valence-corrected chi connectivity index (χ2v) is 7.60. The Balaban J connectivity index is 1.75.